The number of hydrogen-bond acceptors (Lipinski definition) is 5. The Bertz CT molecular complexity index is 871. The average molecular weight is 429 g/mol. The second kappa shape index (κ2) is 9.05. The Hall–Kier alpha value is -1.61. The first-order valence-corrected chi connectivity index (χ1v) is 11.4. The van der Waals surface area contributed by atoms with Crippen molar-refractivity contribution in [2.45, 2.75) is 17.1 Å². The standard InChI is InChI=1S/C18H21ClN2O4S2/c19-15-6-1-2-7-16(15)25-11-9-20-18(22)14-5-3-10-21(13-14)27(23,24)17-8-4-12-26-17/h1-2,4,6-8,12,14H,3,5,9-11,13H2,(H,20,22)/t14-/m1/s1. The minimum atomic E-state index is -3.52. The lowest BCUT2D eigenvalue weighted by atomic mass is 9.99. The topological polar surface area (TPSA) is 75.7 Å². The van der Waals surface area contributed by atoms with Crippen molar-refractivity contribution in [3.05, 3.63) is 46.8 Å². The van der Waals surface area contributed by atoms with Crippen LogP contribution in [0.1, 0.15) is 12.8 Å². The summed E-state index contributed by atoms with van der Waals surface area (Å²) in [5, 5.41) is 5.08. The third kappa shape index (κ3) is 5.01. The molecule has 146 valence electrons. The molecule has 2 aromatic rings. The maximum Gasteiger partial charge on any atom is 0.252 e. The van der Waals surface area contributed by atoms with E-state index in [9.17, 15) is 13.2 Å². The Morgan fingerprint density at radius 1 is 1.30 bits per heavy atom. The van der Waals surface area contributed by atoms with Gasteiger partial charge in [0.25, 0.3) is 10.0 Å². The minimum absolute atomic E-state index is 0.149. The van der Waals surface area contributed by atoms with E-state index in [1.54, 1.807) is 29.6 Å². The fourth-order valence-corrected chi connectivity index (χ4v) is 5.81. The number of para-hydroxylation sites is 1. The Labute approximate surface area is 168 Å². The van der Waals surface area contributed by atoms with Crippen molar-refractivity contribution < 1.29 is 17.9 Å². The summed E-state index contributed by atoms with van der Waals surface area (Å²) < 4.78 is 32.5. The number of benzene rings is 1. The van der Waals surface area contributed by atoms with Crippen molar-refractivity contribution in [1.82, 2.24) is 9.62 Å². The van der Waals surface area contributed by atoms with Gasteiger partial charge in [-0.25, -0.2) is 8.42 Å². The SMILES string of the molecule is O=C(NCCOc1ccccc1Cl)[C@@H]1CCCN(S(=O)(=O)c2cccs2)C1. The van der Waals surface area contributed by atoms with Crippen LogP contribution in [0.3, 0.4) is 0 Å². The Morgan fingerprint density at radius 2 is 2.11 bits per heavy atom. The summed E-state index contributed by atoms with van der Waals surface area (Å²) in [7, 11) is -3.52. The predicted octanol–water partition coefficient (Wildman–Crippen LogP) is 3.00. The van der Waals surface area contributed by atoms with Gasteiger partial charge in [0.2, 0.25) is 5.91 Å². The van der Waals surface area contributed by atoms with Gasteiger partial charge in [-0.05, 0) is 36.4 Å². The summed E-state index contributed by atoms with van der Waals surface area (Å²) in [6.45, 7) is 1.27. The molecule has 1 fully saturated rings. The van der Waals surface area contributed by atoms with E-state index in [1.807, 2.05) is 12.1 Å². The maximum absolute atomic E-state index is 12.6. The molecule has 27 heavy (non-hydrogen) atoms. The number of hydrogen-bond donors (Lipinski definition) is 1. The van der Waals surface area contributed by atoms with E-state index in [0.717, 1.165) is 0 Å². The molecule has 1 amide bonds. The van der Waals surface area contributed by atoms with Crippen molar-refractivity contribution in [3.8, 4) is 5.75 Å². The van der Waals surface area contributed by atoms with Crippen LogP contribution >= 0.6 is 22.9 Å². The quantitative estimate of drug-likeness (QED) is 0.688. The highest BCUT2D eigenvalue weighted by molar-refractivity contribution is 7.91. The van der Waals surface area contributed by atoms with Gasteiger partial charge in [0, 0.05) is 13.1 Å². The summed E-state index contributed by atoms with van der Waals surface area (Å²) in [4.78, 5) is 12.4. The Balaban J connectivity index is 1.49. The van der Waals surface area contributed by atoms with Crippen molar-refractivity contribution in [2.75, 3.05) is 26.2 Å². The van der Waals surface area contributed by atoms with Crippen molar-refractivity contribution >= 4 is 38.9 Å². The monoisotopic (exact) mass is 428 g/mol. The van der Waals surface area contributed by atoms with E-state index >= 15 is 0 Å². The predicted molar refractivity (Wildman–Crippen MR) is 106 cm³/mol. The highest BCUT2D eigenvalue weighted by Gasteiger charge is 2.33. The summed E-state index contributed by atoms with van der Waals surface area (Å²) in [5.74, 6) is 0.0666. The molecule has 0 spiro atoms. The first kappa shape index (κ1) is 20.1. The summed E-state index contributed by atoms with van der Waals surface area (Å²) in [6, 6.07) is 10.4. The van der Waals surface area contributed by atoms with E-state index in [1.165, 1.54) is 15.6 Å². The first-order valence-electron chi connectivity index (χ1n) is 8.67. The molecule has 1 aromatic carbocycles. The molecule has 0 bridgehead atoms. The van der Waals surface area contributed by atoms with Gasteiger partial charge in [0.1, 0.15) is 16.6 Å². The number of nitrogens with one attached hydrogen (secondary N) is 1. The van der Waals surface area contributed by atoms with Crippen LogP contribution in [-0.4, -0.2) is 44.9 Å². The zero-order valence-electron chi connectivity index (χ0n) is 14.6. The van der Waals surface area contributed by atoms with Gasteiger partial charge in [-0.3, -0.25) is 4.79 Å². The van der Waals surface area contributed by atoms with Crippen LogP contribution < -0.4 is 10.1 Å². The maximum atomic E-state index is 12.6. The highest BCUT2D eigenvalue weighted by atomic mass is 35.5. The minimum Gasteiger partial charge on any atom is -0.490 e. The van der Waals surface area contributed by atoms with Crippen molar-refractivity contribution in [3.63, 3.8) is 0 Å². The second-order valence-corrected chi connectivity index (χ2v) is 9.72. The lowest BCUT2D eigenvalue weighted by Gasteiger charge is -2.30. The van der Waals surface area contributed by atoms with Gasteiger partial charge < -0.3 is 10.1 Å². The van der Waals surface area contributed by atoms with Gasteiger partial charge in [0.15, 0.2) is 0 Å². The highest BCUT2D eigenvalue weighted by Crippen LogP contribution is 2.26. The number of carbonyl (C=O) groups excluding carboxylic acids is 1. The van der Waals surface area contributed by atoms with Gasteiger partial charge >= 0.3 is 0 Å². The molecular formula is C18H21ClN2O4S2. The summed E-state index contributed by atoms with van der Waals surface area (Å²) >= 11 is 7.21. The van der Waals surface area contributed by atoms with Crippen LogP contribution in [-0.2, 0) is 14.8 Å². The third-order valence-corrected chi connectivity index (χ3v) is 7.89. The number of carbonyl (C=O) groups is 1. The van der Waals surface area contributed by atoms with E-state index < -0.39 is 10.0 Å². The third-order valence-electron chi connectivity index (χ3n) is 4.34. The number of ether oxygens (including phenoxy) is 1. The van der Waals surface area contributed by atoms with Gasteiger partial charge in [-0.2, -0.15) is 4.31 Å². The number of halogens is 1. The van der Waals surface area contributed by atoms with Crippen LogP contribution in [0.25, 0.3) is 0 Å². The van der Waals surface area contributed by atoms with E-state index in [2.05, 4.69) is 5.32 Å². The molecule has 1 atom stereocenters. The fraction of sp³-hybridized carbons (Fsp3) is 0.389. The molecule has 2 heterocycles. The normalized spacial score (nSPS) is 18.2. The molecule has 1 saturated heterocycles. The van der Waals surface area contributed by atoms with Crippen LogP contribution in [0.5, 0.6) is 5.75 Å². The lowest BCUT2D eigenvalue weighted by molar-refractivity contribution is -0.126. The fourth-order valence-electron chi connectivity index (χ4n) is 2.95. The Kier molecular flexibility index (Phi) is 6.75. The van der Waals surface area contributed by atoms with E-state index in [-0.39, 0.29) is 18.4 Å². The summed E-state index contributed by atoms with van der Waals surface area (Å²) in [6.07, 6.45) is 1.34. The average Bonchev–Trinajstić information content (AvgIpc) is 3.22. The zero-order chi connectivity index (χ0) is 19.3. The van der Waals surface area contributed by atoms with Gasteiger partial charge in [-0.15, -0.1) is 11.3 Å². The molecule has 6 nitrogen and oxygen atoms in total. The molecular weight excluding hydrogens is 408 g/mol. The molecule has 1 aromatic heterocycles. The number of sulfonamides is 1. The molecule has 9 heteroatoms. The molecule has 1 aliphatic heterocycles. The van der Waals surface area contributed by atoms with Crippen molar-refractivity contribution in [2.24, 2.45) is 5.92 Å². The second-order valence-electron chi connectivity index (χ2n) is 6.20. The van der Waals surface area contributed by atoms with Gasteiger partial charge in [0.05, 0.1) is 17.5 Å². The van der Waals surface area contributed by atoms with Crippen molar-refractivity contribution in [1.29, 1.82) is 0 Å². The van der Waals surface area contributed by atoms with E-state index in [0.29, 0.717) is 47.5 Å². The number of nitrogens with zero attached hydrogens (tertiary/aromatic N) is 1. The largest absolute Gasteiger partial charge is 0.490 e. The van der Waals surface area contributed by atoms with Crippen LogP contribution in [0.15, 0.2) is 46.0 Å². The zero-order valence-corrected chi connectivity index (χ0v) is 17.0. The van der Waals surface area contributed by atoms with Gasteiger partial charge in [-0.1, -0.05) is 29.8 Å². The molecule has 0 radical (unpaired) electrons. The smallest absolute Gasteiger partial charge is 0.252 e. The number of thiophene rings is 1. The molecule has 0 unspecified atom stereocenters. The van der Waals surface area contributed by atoms with Crippen LogP contribution in [0, 0.1) is 5.92 Å². The molecule has 0 aliphatic carbocycles. The number of piperidine rings is 1. The molecule has 1 N–H and O–H groups in total. The molecule has 1 aliphatic rings. The number of rotatable bonds is 7. The Morgan fingerprint density at radius 3 is 2.85 bits per heavy atom. The van der Waals surface area contributed by atoms with Crippen LogP contribution in [0.4, 0.5) is 0 Å². The lowest BCUT2D eigenvalue weighted by Crippen LogP contribution is -2.45. The molecule has 3 rings (SSSR count). The molecule has 0 saturated carbocycles. The summed E-state index contributed by atoms with van der Waals surface area (Å²) in [5.41, 5.74) is 0. The van der Waals surface area contributed by atoms with Crippen LogP contribution in [0.2, 0.25) is 5.02 Å². The van der Waals surface area contributed by atoms with E-state index in [4.69, 9.17) is 16.3 Å². The number of amides is 1. The first-order chi connectivity index (χ1) is 13.0.